The molecule has 194 valence electrons. The van der Waals surface area contributed by atoms with Crippen molar-refractivity contribution in [2.45, 2.75) is 51.5 Å². The monoisotopic (exact) mass is 503 g/mol. The number of aryl methyl sites for hydroxylation is 1. The second-order valence-electron chi connectivity index (χ2n) is 9.23. The Labute approximate surface area is 216 Å². The normalized spacial score (nSPS) is 24.3. The lowest BCUT2D eigenvalue weighted by Gasteiger charge is -2.42. The average molecular weight is 504 g/mol. The van der Waals surface area contributed by atoms with Crippen LogP contribution in [0, 0.1) is 6.92 Å². The van der Waals surface area contributed by atoms with Crippen LogP contribution < -0.4 is 0 Å². The van der Waals surface area contributed by atoms with Gasteiger partial charge in [-0.25, -0.2) is 4.98 Å². The van der Waals surface area contributed by atoms with Gasteiger partial charge in [0.2, 0.25) is 0 Å². The van der Waals surface area contributed by atoms with E-state index in [2.05, 4.69) is 65.2 Å². The van der Waals surface area contributed by atoms with Crippen LogP contribution >= 0.6 is 0 Å². The van der Waals surface area contributed by atoms with E-state index < -0.39 is 12.4 Å². The van der Waals surface area contributed by atoms with Crippen LogP contribution in [0.25, 0.3) is 27.5 Å². The minimum atomic E-state index is -0.718. The molecule has 0 unspecified atom stereocenters. The first-order chi connectivity index (χ1) is 18.0. The van der Waals surface area contributed by atoms with Gasteiger partial charge in [0.1, 0.15) is 18.5 Å². The number of methoxy groups -OCH3 is 2. The molecule has 1 fully saturated rings. The molecule has 0 radical (unpaired) electrons. The van der Waals surface area contributed by atoms with Crippen molar-refractivity contribution in [1.29, 1.82) is 0 Å². The highest BCUT2D eigenvalue weighted by Crippen LogP contribution is 2.29. The van der Waals surface area contributed by atoms with Crippen LogP contribution in [0.2, 0.25) is 0 Å². The van der Waals surface area contributed by atoms with E-state index in [0.717, 1.165) is 33.1 Å². The molecule has 5 rings (SSSR count). The summed E-state index contributed by atoms with van der Waals surface area (Å²) in [6.45, 7) is 6.48. The van der Waals surface area contributed by atoms with Gasteiger partial charge in [-0.05, 0) is 56.0 Å². The molecule has 8 heteroatoms. The van der Waals surface area contributed by atoms with Gasteiger partial charge in [-0.2, -0.15) is 0 Å². The van der Waals surface area contributed by atoms with Crippen molar-refractivity contribution in [1.82, 2.24) is 9.55 Å². The minimum absolute atomic E-state index is 0.240. The van der Waals surface area contributed by atoms with Crippen LogP contribution in [0.5, 0.6) is 0 Å². The number of hydrogen-bond acceptors (Lipinski definition) is 7. The number of imidazole rings is 1. The average Bonchev–Trinajstić information content (AvgIpc) is 3.34. The van der Waals surface area contributed by atoms with Crippen molar-refractivity contribution in [3.8, 4) is 5.69 Å². The molecule has 8 nitrogen and oxygen atoms in total. The predicted octanol–water partition coefficient (Wildman–Crippen LogP) is 5.02. The standard InChI is InChI=1S/C29H33N3O5/c1-6-35-27-26(33-4)19(3)36-29(28(27)34-5)37-31-16-20-9-13-23-21(15-20)10-14-24-25(23)30-17-32(24)22-11-7-18(2)8-12-22/h7-17,19,26-29H,6H2,1-5H3/t19-,26-,27+,28+,29+/m0/s1. The summed E-state index contributed by atoms with van der Waals surface area (Å²) in [5.41, 5.74) is 5.24. The van der Waals surface area contributed by atoms with E-state index in [1.807, 2.05) is 26.2 Å². The van der Waals surface area contributed by atoms with Crippen molar-refractivity contribution in [3.63, 3.8) is 0 Å². The quantitative estimate of drug-likeness (QED) is 0.248. The van der Waals surface area contributed by atoms with Gasteiger partial charge in [0, 0.05) is 31.9 Å². The molecular formula is C29H33N3O5. The van der Waals surface area contributed by atoms with Crippen LogP contribution in [-0.2, 0) is 23.8 Å². The first-order valence-corrected chi connectivity index (χ1v) is 12.5. The molecule has 1 aliphatic heterocycles. The maximum atomic E-state index is 5.99. The van der Waals surface area contributed by atoms with E-state index in [1.165, 1.54) is 5.56 Å². The zero-order valence-electron chi connectivity index (χ0n) is 21.8. The van der Waals surface area contributed by atoms with E-state index in [9.17, 15) is 0 Å². The van der Waals surface area contributed by atoms with Crippen LogP contribution in [-0.4, -0.2) is 67.3 Å². The van der Waals surface area contributed by atoms with E-state index >= 15 is 0 Å². The summed E-state index contributed by atoms with van der Waals surface area (Å²) in [5.74, 6) is 0. The van der Waals surface area contributed by atoms with E-state index in [0.29, 0.717) is 6.61 Å². The second-order valence-corrected chi connectivity index (χ2v) is 9.23. The van der Waals surface area contributed by atoms with E-state index in [4.69, 9.17) is 28.8 Å². The molecule has 4 aromatic rings. The van der Waals surface area contributed by atoms with Gasteiger partial charge in [0.25, 0.3) is 6.29 Å². The van der Waals surface area contributed by atoms with E-state index in [1.54, 1.807) is 20.4 Å². The number of oxime groups is 1. The van der Waals surface area contributed by atoms with Gasteiger partial charge in [0.05, 0.1) is 23.4 Å². The zero-order chi connectivity index (χ0) is 25.9. The lowest BCUT2D eigenvalue weighted by molar-refractivity contribution is -0.308. The summed E-state index contributed by atoms with van der Waals surface area (Å²) in [6.07, 6.45) is 1.52. The maximum absolute atomic E-state index is 5.99. The third-order valence-corrected chi connectivity index (χ3v) is 6.87. The second kappa shape index (κ2) is 11.0. The van der Waals surface area contributed by atoms with Crippen LogP contribution in [0.4, 0.5) is 0 Å². The Kier molecular flexibility index (Phi) is 7.53. The molecule has 2 heterocycles. The zero-order valence-corrected chi connectivity index (χ0v) is 21.8. The molecule has 0 aliphatic carbocycles. The van der Waals surface area contributed by atoms with Crippen molar-refractivity contribution >= 4 is 28.0 Å². The first kappa shape index (κ1) is 25.4. The van der Waals surface area contributed by atoms with Crippen molar-refractivity contribution in [3.05, 3.63) is 72.1 Å². The number of rotatable bonds is 8. The fraction of sp³-hybridized carbons (Fsp3) is 0.379. The summed E-state index contributed by atoms with van der Waals surface area (Å²) >= 11 is 0. The summed E-state index contributed by atoms with van der Waals surface area (Å²) in [6, 6.07) is 18.8. The van der Waals surface area contributed by atoms with Gasteiger partial charge in [-0.3, -0.25) is 4.57 Å². The number of fused-ring (bicyclic) bond motifs is 3. The van der Waals surface area contributed by atoms with Gasteiger partial charge in [0.15, 0.2) is 6.10 Å². The molecule has 1 aromatic heterocycles. The number of nitrogens with zero attached hydrogens (tertiary/aromatic N) is 3. The largest absolute Gasteiger partial charge is 0.376 e. The van der Waals surface area contributed by atoms with Crippen molar-refractivity contribution < 1.29 is 23.8 Å². The Hall–Kier alpha value is -3.30. The molecule has 0 amide bonds. The Morgan fingerprint density at radius 3 is 2.51 bits per heavy atom. The lowest BCUT2D eigenvalue weighted by Crippen LogP contribution is -2.59. The molecule has 5 atom stereocenters. The molecule has 0 saturated carbocycles. The number of hydrogen-bond donors (Lipinski definition) is 0. The van der Waals surface area contributed by atoms with Crippen molar-refractivity contribution in [2.24, 2.45) is 5.16 Å². The fourth-order valence-electron chi connectivity index (χ4n) is 4.98. The summed E-state index contributed by atoms with van der Waals surface area (Å²) in [4.78, 5) is 10.5. The molecular weight excluding hydrogens is 470 g/mol. The van der Waals surface area contributed by atoms with Gasteiger partial charge >= 0.3 is 0 Å². The summed E-state index contributed by atoms with van der Waals surface area (Å²) in [5, 5.41) is 6.37. The van der Waals surface area contributed by atoms with Crippen molar-refractivity contribution in [2.75, 3.05) is 20.8 Å². The summed E-state index contributed by atoms with van der Waals surface area (Å²) in [7, 11) is 3.25. The molecule has 0 bridgehead atoms. The SMILES string of the molecule is CCO[C@@H]1[C@@H](OC)[C@H](C)O[C@H](ON=Cc2ccc3c(ccc4c3ncn4-c3ccc(C)cc3)c2)[C@@H]1OC. The topological polar surface area (TPSA) is 76.3 Å². The first-order valence-electron chi connectivity index (χ1n) is 12.5. The Bertz CT molecular complexity index is 1380. The highest BCUT2D eigenvalue weighted by molar-refractivity contribution is 6.06. The number of ether oxygens (including phenoxy) is 4. The third kappa shape index (κ3) is 4.98. The predicted molar refractivity (Wildman–Crippen MR) is 143 cm³/mol. The minimum Gasteiger partial charge on any atom is -0.376 e. The van der Waals surface area contributed by atoms with E-state index in [-0.39, 0.29) is 18.3 Å². The Balaban J connectivity index is 1.35. The molecule has 0 spiro atoms. The smallest absolute Gasteiger partial charge is 0.256 e. The lowest BCUT2D eigenvalue weighted by atomic mass is 9.99. The highest BCUT2D eigenvalue weighted by Gasteiger charge is 2.47. The van der Waals surface area contributed by atoms with Gasteiger partial charge in [-0.15, -0.1) is 0 Å². The van der Waals surface area contributed by atoms with Crippen LogP contribution in [0.15, 0.2) is 66.1 Å². The third-order valence-electron chi connectivity index (χ3n) is 6.87. The van der Waals surface area contributed by atoms with Gasteiger partial charge in [-0.1, -0.05) is 41.1 Å². The summed E-state index contributed by atoms with van der Waals surface area (Å²) < 4.78 is 25.3. The molecule has 37 heavy (non-hydrogen) atoms. The number of benzene rings is 3. The molecule has 1 saturated heterocycles. The number of aromatic nitrogens is 2. The Morgan fingerprint density at radius 1 is 1.00 bits per heavy atom. The molecule has 3 aromatic carbocycles. The molecule has 0 N–H and O–H groups in total. The molecule has 1 aliphatic rings. The maximum Gasteiger partial charge on any atom is 0.256 e. The highest BCUT2D eigenvalue weighted by atomic mass is 16.8. The van der Waals surface area contributed by atoms with Crippen LogP contribution in [0.3, 0.4) is 0 Å². The Morgan fingerprint density at radius 2 is 1.78 bits per heavy atom. The fourth-order valence-corrected chi connectivity index (χ4v) is 4.98. The van der Waals surface area contributed by atoms with Crippen LogP contribution in [0.1, 0.15) is 25.0 Å². The van der Waals surface area contributed by atoms with Gasteiger partial charge < -0.3 is 23.8 Å².